The molecule has 0 aromatic rings. The van der Waals surface area contributed by atoms with Crippen LogP contribution in [-0.2, 0) is 19.0 Å². The molecule has 4 rings (SSSR count). The molecular weight excluding hydrogens is 358 g/mol. The summed E-state index contributed by atoms with van der Waals surface area (Å²) >= 11 is 0. The van der Waals surface area contributed by atoms with Crippen molar-refractivity contribution in [3.8, 4) is 0 Å². The van der Waals surface area contributed by atoms with E-state index < -0.39 is 34.9 Å². The summed E-state index contributed by atoms with van der Waals surface area (Å²) in [6.07, 6.45) is 3.23. The Bertz CT molecular complexity index is 603. The smallest absolute Gasteiger partial charge is 0.454 e. The van der Waals surface area contributed by atoms with Crippen LogP contribution < -0.4 is 0 Å². The first-order valence-electron chi connectivity index (χ1n) is 9.82. The zero-order valence-electron chi connectivity index (χ0n) is 16.8. The van der Waals surface area contributed by atoms with Crippen LogP contribution in [0.15, 0.2) is 0 Å². The largest absolute Gasteiger partial charge is 0.509 e. The molecule has 27 heavy (non-hydrogen) atoms. The van der Waals surface area contributed by atoms with E-state index in [2.05, 4.69) is 0 Å². The summed E-state index contributed by atoms with van der Waals surface area (Å²) in [5.41, 5.74) is -2.18. The monoisotopic (exact) mass is 388 g/mol. The van der Waals surface area contributed by atoms with Gasteiger partial charge in [0.25, 0.3) is 0 Å². The van der Waals surface area contributed by atoms with Crippen LogP contribution in [0.25, 0.3) is 0 Å². The average molecular weight is 388 g/mol. The maximum Gasteiger partial charge on any atom is 0.509 e. The number of esters is 1. The summed E-state index contributed by atoms with van der Waals surface area (Å²) in [5.74, 6) is -4.78. The summed E-state index contributed by atoms with van der Waals surface area (Å²) in [7, 11) is 0. The summed E-state index contributed by atoms with van der Waals surface area (Å²) < 4.78 is 43.6. The molecule has 0 spiro atoms. The molecule has 4 aliphatic rings. The second-order valence-electron chi connectivity index (χ2n) is 9.68. The highest BCUT2D eigenvalue weighted by molar-refractivity contribution is 5.77. The molecule has 4 saturated carbocycles. The molecule has 5 nitrogen and oxygen atoms in total. The van der Waals surface area contributed by atoms with Gasteiger partial charge in [-0.05, 0) is 65.2 Å². The van der Waals surface area contributed by atoms with E-state index >= 15 is 0 Å². The first kappa shape index (κ1) is 20.3. The van der Waals surface area contributed by atoms with Crippen molar-refractivity contribution in [3.63, 3.8) is 0 Å². The maximum atomic E-state index is 13.5. The minimum atomic E-state index is -3.51. The number of rotatable bonds is 4. The fraction of sp³-hybridized carbons (Fsp3) is 0.900. The van der Waals surface area contributed by atoms with Gasteiger partial charge >= 0.3 is 18.0 Å². The van der Waals surface area contributed by atoms with E-state index in [1.165, 1.54) is 0 Å². The number of halogens is 2. The highest BCUT2D eigenvalue weighted by Gasteiger charge is 2.65. The number of carbonyl (C=O) groups excluding carboxylic acids is 2. The Hall–Kier alpha value is -1.40. The highest BCUT2D eigenvalue weighted by atomic mass is 19.3. The van der Waals surface area contributed by atoms with Gasteiger partial charge < -0.3 is 14.2 Å². The zero-order chi connectivity index (χ0) is 20.3. The van der Waals surface area contributed by atoms with Crippen molar-refractivity contribution >= 4 is 12.1 Å². The third-order valence-corrected chi connectivity index (χ3v) is 6.40. The standard InChI is InChI=1S/C20H30F2O5/c1-6-20(25-15(23)18(5,21)22)13-7-12-8-14(20)11-19(9-12,10-13)27-16(24)26-17(2,3)4/h12-14H,6-11H2,1-5H3. The molecule has 4 bridgehead atoms. The van der Waals surface area contributed by atoms with Crippen molar-refractivity contribution in [2.24, 2.45) is 17.8 Å². The lowest BCUT2D eigenvalue weighted by molar-refractivity contribution is -0.255. The molecule has 2 atom stereocenters. The Morgan fingerprint density at radius 1 is 1.00 bits per heavy atom. The molecule has 7 heteroatoms. The Labute approximate surface area is 159 Å². The lowest BCUT2D eigenvalue weighted by atomic mass is 9.47. The lowest BCUT2D eigenvalue weighted by Crippen LogP contribution is -2.66. The van der Waals surface area contributed by atoms with Crippen molar-refractivity contribution in [1.29, 1.82) is 0 Å². The van der Waals surface area contributed by atoms with Gasteiger partial charge in [-0.15, -0.1) is 0 Å². The van der Waals surface area contributed by atoms with Gasteiger partial charge in [-0.3, -0.25) is 0 Å². The Morgan fingerprint density at radius 3 is 2.00 bits per heavy atom. The second-order valence-corrected chi connectivity index (χ2v) is 9.68. The maximum absolute atomic E-state index is 13.5. The molecule has 0 aromatic carbocycles. The second kappa shape index (κ2) is 6.31. The molecule has 154 valence electrons. The quantitative estimate of drug-likeness (QED) is 0.644. The summed E-state index contributed by atoms with van der Waals surface area (Å²) in [6.45, 7) is 7.79. The van der Waals surface area contributed by atoms with Crippen LogP contribution in [0.1, 0.15) is 73.1 Å². The Balaban J connectivity index is 1.80. The summed E-state index contributed by atoms with van der Waals surface area (Å²) in [5, 5.41) is 0. The minimum Gasteiger partial charge on any atom is -0.454 e. The Kier molecular flexibility index (Phi) is 4.75. The van der Waals surface area contributed by atoms with E-state index in [-0.39, 0.29) is 11.8 Å². The van der Waals surface area contributed by atoms with E-state index in [0.717, 1.165) is 19.3 Å². The number of hydrogen-bond acceptors (Lipinski definition) is 5. The summed E-state index contributed by atoms with van der Waals surface area (Å²) in [6, 6.07) is 0. The van der Waals surface area contributed by atoms with Crippen molar-refractivity contribution in [1.82, 2.24) is 0 Å². The Morgan fingerprint density at radius 2 is 1.56 bits per heavy atom. The van der Waals surface area contributed by atoms with Gasteiger partial charge in [-0.1, -0.05) is 6.92 Å². The van der Waals surface area contributed by atoms with Crippen LogP contribution in [0.4, 0.5) is 13.6 Å². The van der Waals surface area contributed by atoms with Gasteiger partial charge in [0.15, 0.2) is 0 Å². The van der Waals surface area contributed by atoms with E-state index in [4.69, 9.17) is 14.2 Å². The van der Waals surface area contributed by atoms with E-state index in [1.54, 1.807) is 20.8 Å². The van der Waals surface area contributed by atoms with Crippen LogP contribution in [0.3, 0.4) is 0 Å². The highest BCUT2D eigenvalue weighted by Crippen LogP contribution is 2.63. The van der Waals surface area contributed by atoms with Crippen LogP contribution in [0.5, 0.6) is 0 Å². The molecule has 0 N–H and O–H groups in total. The van der Waals surface area contributed by atoms with Crippen LogP contribution in [-0.4, -0.2) is 34.9 Å². The summed E-state index contributed by atoms with van der Waals surface area (Å²) in [4.78, 5) is 24.2. The van der Waals surface area contributed by atoms with E-state index in [0.29, 0.717) is 32.1 Å². The number of hydrogen-bond donors (Lipinski definition) is 0. The van der Waals surface area contributed by atoms with Gasteiger partial charge in [0.1, 0.15) is 16.8 Å². The molecule has 4 aliphatic carbocycles. The first-order valence-corrected chi connectivity index (χ1v) is 9.82. The van der Waals surface area contributed by atoms with Crippen LogP contribution in [0.2, 0.25) is 0 Å². The zero-order valence-corrected chi connectivity index (χ0v) is 16.8. The topological polar surface area (TPSA) is 61.8 Å². The number of alkyl halides is 2. The predicted molar refractivity (Wildman–Crippen MR) is 93.3 cm³/mol. The molecule has 0 heterocycles. The van der Waals surface area contributed by atoms with E-state index in [1.807, 2.05) is 6.92 Å². The van der Waals surface area contributed by atoms with Gasteiger partial charge in [0, 0.05) is 18.8 Å². The van der Waals surface area contributed by atoms with Crippen molar-refractivity contribution in [2.45, 2.75) is 95.9 Å². The first-order chi connectivity index (χ1) is 12.3. The minimum absolute atomic E-state index is 0.0810. The third kappa shape index (κ3) is 3.79. The van der Waals surface area contributed by atoms with Gasteiger partial charge in [-0.25, -0.2) is 9.59 Å². The van der Waals surface area contributed by atoms with Crippen molar-refractivity contribution < 1.29 is 32.6 Å². The predicted octanol–water partition coefficient (Wildman–Crippen LogP) is 4.86. The molecule has 0 radical (unpaired) electrons. The number of carbonyl (C=O) groups is 2. The molecule has 2 unspecified atom stereocenters. The fourth-order valence-electron chi connectivity index (χ4n) is 5.64. The molecule has 0 amide bonds. The van der Waals surface area contributed by atoms with Gasteiger partial charge in [-0.2, -0.15) is 8.78 Å². The SMILES string of the molecule is CCC1(OC(=O)C(C)(F)F)C2CC3CC1CC(OC(=O)OC(C)(C)C)(C3)C2. The average Bonchev–Trinajstić information content (AvgIpc) is 2.46. The van der Waals surface area contributed by atoms with Crippen molar-refractivity contribution in [2.75, 3.05) is 0 Å². The molecule has 0 aliphatic heterocycles. The van der Waals surface area contributed by atoms with Crippen LogP contribution >= 0.6 is 0 Å². The third-order valence-electron chi connectivity index (χ3n) is 6.40. The molecule has 0 aromatic heterocycles. The fourth-order valence-corrected chi connectivity index (χ4v) is 5.64. The molecular formula is C20H30F2O5. The van der Waals surface area contributed by atoms with Gasteiger partial charge in [0.2, 0.25) is 0 Å². The normalized spacial score (nSPS) is 37.8. The molecule has 4 fully saturated rings. The van der Waals surface area contributed by atoms with Gasteiger partial charge in [0.05, 0.1) is 0 Å². The lowest BCUT2D eigenvalue weighted by Gasteiger charge is -2.63. The molecule has 0 saturated heterocycles. The van der Waals surface area contributed by atoms with E-state index in [9.17, 15) is 18.4 Å². The number of ether oxygens (including phenoxy) is 3. The van der Waals surface area contributed by atoms with Crippen molar-refractivity contribution in [3.05, 3.63) is 0 Å². The van der Waals surface area contributed by atoms with Crippen LogP contribution in [0, 0.1) is 17.8 Å².